The SMILES string of the molecule is CC(C)(C)OC(=O)N1CCc2[nH]c(-c3nc(N)ncc3Br)cc2C1=O. The standard InChI is InChI=1S/C16H18BrN5O3/c1-16(2,3)25-15(24)22-5-4-10-8(13(22)23)6-11(20-10)12-9(17)7-19-14(18)21-12/h6-7,20H,4-5H2,1-3H3,(H2,18,19,21). The van der Waals surface area contributed by atoms with Crippen LogP contribution in [-0.2, 0) is 11.2 Å². The van der Waals surface area contributed by atoms with Crippen molar-refractivity contribution in [1.29, 1.82) is 0 Å². The summed E-state index contributed by atoms with van der Waals surface area (Å²) in [6.07, 6.45) is 1.42. The Morgan fingerprint density at radius 3 is 2.84 bits per heavy atom. The number of nitrogen functional groups attached to an aromatic ring is 1. The van der Waals surface area contributed by atoms with E-state index in [1.165, 1.54) is 0 Å². The van der Waals surface area contributed by atoms with Gasteiger partial charge in [0.1, 0.15) is 11.3 Å². The van der Waals surface area contributed by atoms with E-state index in [1.807, 2.05) is 0 Å². The molecular weight excluding hydrogens is 390 g/mol. The molecule has 0 fully saturated rings. The summed E-state index contributed by atoms with van der Waals surface area (Å²) in [4.78, 5) is 37.3. The topological polar surface area (TPSA) is 114 Å². The van der Waals surface area contributed by atoms with Crippen LogP contribution in [0, 0.1) is 0 Å². The molecule has 3 rings (SSSR count). The molecule has 0 saturated heterocycles. The third-order valence-electron chi connectivity index (χ3n) is 3.59. The van der Waals surface area contributed by atoms with Crippen LogP contribution >= 0.6 is 15.9 Å². The van der Waals surface area contributed by atoms with Crippen molar-refractivity contribution in [3.63, 3.8) is 0 Å². The molecule has 0 spiro atoms. The number of ether oxygens (including phenoxy) is 1. The Bertz CT molecular complexity index is 856. The molecule has 0 radical (unpaired) electrons. The van der Waals surface area contributed by atoms with Gasteiger partial charge in [-0.25, -0.2) is 19.7 Å². The number of aromatic amines is 1. The molecule has 3 N–H and O–H groups in total. The lowest BCUT2D eigenvalue weighted by Gasteiger charge is -2.28. The highest BCUT2D eigenvalue weighted by Gasteiger charge is 2.34. The van der Waals surface area contributed by atoms with Gasteiger partial charge in [-0.15, -0.1) is 0 Å². The number of amides is 2. The molecule has 2 aromatic heterocycles. The van der Waals surface area contributed by atoms with Crippen molar-refractivity contribution in [2.24, 2.45) is 0 Å². The zero-order valence-corrected chi connectivity index (χ0v) is 15.7. The Morgan fingerprint density at radius 2 is 2.16 bits per heavy atom. The van der Waals surface area contributed by atoms with Gasteiger partial charge in [-0.05, 0) is 42.8 Å². The van der Waals surface area contributed by atoms with E-state index in [2.05, 4.69) is 30.9 Å². The molecule has 0 bridgehead atoms. The highest BCUT2D eigenvalue weighted by atomic mass is 79.9. The van der Waals surface area contributed by atoms with E-state index in [0.717, 1.165) is 10.6 Å². The molecule has 25 heavy (non-hydrogen) atoms. The molecule has 0 unspecified atom stereocenters. The van der Waals surface area contributed by atoms with E-state index in [4.69, 9.17) is 10.5 Å². The molecule has 3 heterocycles. The van der Waals surface area contributed by atoms with Gasteiger partial charge < -0.3 is 15.5 Å². The van der Waals surface area contributed by atoms with Crippen LogP contribution in [0.2, 0.25) is 0 Å². The average Bonchev–Trinajstić information content (AvgIpc) is 2.93. The average molecular weight is 408 g/mol. The number of nitrogens with zero attached hydrogens (tertiary/aromatic N) is 3. The summed E-state index contributed by atoms with van der Waals surface area (Å²) in [6.45, 7) is 5.54. The number of rotatable bonds is 1. The second-order valence-electron chi connectivity index (χ2n) is 6.69. The number of imide groups is 1. The van der Waals surface area contributed by atoms with Gasteiger partial charge in [-0.3, -0.25) is 4.79 Å². The number of hydrogen-bond donors (Lipinski definition) is 2. The molecule has 132 valence electrons. The first-order valence-electron chi connectivity index (χ1n) is 7.71. The lowest BCUT2D eigenvalue weighted by Crippen LogP contribution is -2.44. The van der Waals surface area contributed by atoms with Crippen molar-refractivity contribution in [2.45, 2.75) is 32.8 Å². The van der Waals surface area contributed by atoms with Crippen LogP contribution in [0.3, 0.4) is 0 Å². The van der Waals surface area contributed by atoms with Crippen LogP contribution in [0.1, 0.15) is 36.8 Å². The third kappa shape index (κ3) is 3.51. The maximum Gasteiger partial charge on any atom is 0.417 e. The predicted octanol–water partition coefficient (Wildman–Crippen LogP) is 2.75. The first kappa shape index (κ1) is 17.4. The largest absolute Gasteiger partial charge is 0.443 e. The highest BCUT2D eigenvalue weighted by Crippen LogP contribution is 2.30. The number of carbonyl (C=O) groups is 2. The second-order valence-corrected chi connectivity index (χ2v) is 7.54. The quantitative estimate of drug-likeness (QED) is 0.750. The van der Waals surface area contributed by atoms with Gasteiger partial charge >= 0.3 is 6.09 Å². The van der Waals surface area contributed by atoms with Crippen molar-refractivity contribution < 1.29 is 14.3 Å². The zero-order valence-electron chi connectivity index (χ0n) is 14.1. The van der Waals surface area contributed by atoms with Gasteiger partial charge in [0.05, 0.1) is 15.7 Å². The maximum atomic E-state index is 12.7. The summed E-state index contributed by atoms with van der Waals surface area (Å²) in [6, 6.07) is 1.67. The molecule has 9 heteroatoms. The lowest BCUT2D eigenvalue weighted by atomic mass is 10.1. The molecule has 1 aliphatic heterocycles. The van der Waals surface area contributed by atoms with Crippen molar-refractivity contribution in [3.8, 4) is 11.4 Å². The zero-order chi connectivity index (χ0) is 18.4. The monoisotopic (exact) mass is 407 g/mol. The number of nitrogens with one attached hydrogen (secondary N) is 1. The minimum absolute atomic E-state index is 0.132. The van der Waals surface area contributed by atoms with E-state index in [0.29, 0.717) is 27.8 Å². The molecule has 8 nitrogen and oxygen atoms in total. The van der Waals surface area contributed by atoms with Crippen LogP contribution in [-0.4, -0.2) is 44.0 Å². The molecule has 0 atom stereocenters. The smallest absolute Gasteiger partial charge is 0.417 e. The molecule has 0 saturated carbocycles. The Hall–Kier alpha value is -2.42. The number of H-pyrrole nitrogens is 1. The van der Waals surface area contributed by atoms with Crippen LogP contribution in [0.25, 0.3) is 11.4 Å². The predicted molar refractivity (Wildman–Crippen MR) is 94.9 cm³/mol. The van der Waals surface area contributed by atoms with Crippen molar-refractivity contribution in [2.75, 3.05) is 12.3 Å². The Morgan fingerprint density at radius 1 is 1.44 bits per heavy atom. The fourth-order valence-electron chi connectivity index (χ4n) is 2.54. The molecule has 0 aromatic carbocycles. The molecule has 2 amide bonds. The van der Waals surface area contributed by atoms with Crippen molar-refractivity contribution >= 4 is 33.9 Å². The van der Waals surface area contributed by atoms with Crippen LogP contribution in [0.15, 0.2) is 16.7 Å². The summed E-state index contributed by atoms with van der Waals surface area (Å²) in [5.74, 6) is -0.261. The van der Waals surface area contributed by atoms with E-state index in [-0.39, 0.29) is 12.5 Å². The number of halogens is 1. The second kappa shape index (κ2) is 6.14. The fraction of sp³-hybridized carbons (Fsp3) is 0.375. The normalized spacial score (nSPS) is 14.4. The van der Waals surface area contributed by atoms with Crippen molar-refractivity contribution in [3.05, 3.63) is 28.0 Å². The first-order valence-corrected chi connectivity index (χ1v) is 8.50. The van der Waals surface area contributed by atoms with Gasteiger partial charge in [-0.2, -0.15) is 0 Å². The van der Waals surface area contributed by atoms with E-state index in [1.54, 1.807) is 33.0 Å². The van der Waals surface area contributed by atoms with Crippen LogP contribution in [0.4, 0.5) is 10.7 Å². The van der Waals surface area contributed by atoms with Gasteiger partial charge in [0.25, 0.3) is 5.91 Å². The summed E-state index contributed by atoms with van der Waals surface area (Å²) in [7, 11) is 0. The third-order valence-corrected chi connectivity index (χ3v) is 4.17. The Kier molecular flexibility index (Phi) is 4.28. The van der Waals surface area contributed by atoms with Gasteiger partial charge in [0.2, 0.25) is 5.95 Å². The molecular formula is C16H18BrN5O3. The number of nitrogens with two attached hydrogens (primary N) is 1. The number of aromatic nitrogens is 3. The summed E-state index contributed by atoms with van der Waals surface area (Å²) in [5.41, 5.74) is 7.34. The lowest BCUT2D eigenvalue weighted by molar-refractivity contribution is 0.0233. The van der Waals surface area contributed by atoms with E-state index in [9.17, 15) is 9.59 Å². The summed E-state index contributed by atoms with van der Waals surface area (Å²) < 4.78 is 5.95. The fourth-order valence-corrected chi connectivity index (χ4v) is 2.95. The van der Waals surface area contributed by atoms with E-state index < -0.39 is 17.6 Å². The summed E-state index contributed by atoms with van der Waals surface area (Å²) >= 11 is 3.37. The number of carbonyl (C=O) groups excluding carboxylic acids is 2. The Balaban J connectivity index is 1.91. The molecule has 0 aliphatic carbocycles. The minimum Gasteiger partial charge on any atom is -0.443 e. The summed E-state index contributed by atoms with van der Waals surface area (Å²) in [5, 5.41) is 0. The van der Waals surface area contributed by atoms with Crippen LogP contribution in [0.5, 0.6) is 0 Å². The maximum absolute atomic E-state index is 12.7. The first-order chi connectivity index (χ1) is 11.7. The van der Waals surface area contributed by atoms with E-state index >= 15 is 0 Å². The number of hydrogen-bond acceptors (Lipinski definition) is 6. The molecule has 1 aliphatic rings. The van der Waals surface area contributed by atoms with Gasteiger partial charge in [0.15, 0.2) is 0 Å². The minimum atomic E-state index is -0.662. The number of fused-ring (bicyclic) bond motifs is 1. The van der Waals surface area contributed by atoms with Gasteiger partial charge in [-0.1, -0.05) is 0 Å². The Labute approximate surface area is 152 Å². The molecule has 2 aromatic rings. The van der Waals surface area contributed by atoms with Gasteiger partial charge in [0, 0.05) is 24.9 Å². The van der Waals surface area contributed by atoms with Crippen LogP contribution < -0.4 is 5.73 Å². The van der Waals surface area contributed by atoms with Crippen molar-refractivity contribution in [1.82, 2.24) is 19.9 Å². The highest BCUT2D eigenvalue weighted by molar-refractivity contribution is 9.10. The number of anilines is 1.